The molecule has 0 aliphatic carbocycles. The van der Waals surface area contributed by atoms with E-state index in [0.29, 0.717) is 5.69 Å². The summed E-state index contributed by atoms with van der Waals surface area (Å²) in [5, 5.41) is 0. The lowest BCUT2D eigenvalue weighted by molar-refractivity contribution is -0.153. The van der Waals surface area contributed by atoms with Crippen molar-refractivity contribution < 1.29 is 17.9 Å². The number of rotatable bonds is 3. The summed E-state index contributed by atoms with van der Waals surface area (Å²) in [6.07, 6.45) is -3.11. The van der Waals surface area contributed by atoms with E-state index in [-0.39, 0.29) is 11.8 Å². The summed E-state index contributed by atoms with van der Waals surface area (Å²) in [5.74, 6) is 0.0803. The van der Waals surface area contributed by atoms with Crippen LogP contribution in [0.5, 0.6) is 5.75 Å². The van der Waals surface area contributed by atoms with Gasteiger partial charge in [-0.15, -0.1) is 0 Å². The first-order valence-electron chi connectivity index (χ1n) is 4.29. The molecule has 0 saturated carbocycles. The number of aromatic nitrogens is 1. The summed E-state index contributed by atoms with van der Waals surface area (Å²) in [4.78, 5) is 3.86. The SMILES string of the molecule is C[C@H](N)c1ccc(OCC(F)(F)F)cn1. The van der Waals surface area contributed by atoms with Crippen molar-refractivity contribution in [2.24, 2.45) is 5.73 Å². The molecule has 1 aromatic rings. The molecule has 6 heteroatoms. The first-order chi connectivity index (χ1) is 6.88. The number of halogens is 3. The molecule has 1 rings (SSSR count). The van der Waals surface area contributed by atoms with Gasteiger partial charge in [0.1, 0.15) is 5.75 Å². The summed E-state index contributed by atoms with van der Waals surface area (Å²) < 4.78 is 39.8. The third kappa shape index (κ3) is 4.16. The highest BCUT2D eigenvalue weighted by Gasteiger charge is 2.28. The monoisotopic (exact) mass is 220 g/mol. The fraction of sp³-hybridized carbons (Fsp3) is 0.444. The molecule has 1 heterocycles. The van der Waals surface area contributed by atoms with Gasteiger partial charge in [0.05, 0.1) is 11.9 Å². The zero-order valence-electron chi connectivity index (χ0n) is 8.08. The maximum absolute atomic E-state index is 11.8. The second-order valence-electron chi connectivity index (χ2n) is 3.11. The van der Waals surface area contributed by atoms with Crippen LogP contribution in [0.2, 0.25) is 0 Å². The molecule has 0 amide bonds. The maximum atomic E-state index is 11.8. The lowest BCUT2D eigenvalue weighted by atomic mass is 10.2. The molecule has 0 aliphatic heterocycles. The number of pyridine rings is 1. The summed E-state index contributed by atoms with van der Waals surface area (Å²) in [6.45, 7) is 0.421. The van der Waals surface area contributed by atoms with Crippen molar-refractivity contribution in [3.63, 3.8) is 0 Å². The Morgan fingerprint density at radius 3 is 2.53 bits per heavy atom. The van der Waals surface area contributed by atoms with Crippen LogP contribution in [0.15, 0.2) is 18.3 Å². The number of nitrogens with zero attached hydrogens (tertiary/aromatic N) is 1. The molecule has 0 spiro atoms. The average molecular weight is 220 g/mol. The van der Waals surface area contributed by atoms with Crippen molar-refractivity contribution in [2.45, 2.75) is 19.1 Å². The molecule has 0 aliphatic rings. The van der Waals surface area contributed by atoms with Crippen LogP contribution in [0.25, 0.3) is 0 Å². The van der Waals surface area contributed by atoms with Gasteiger partial charge in [-0.05, 0) is 19.1 Å². The Hall–Kier alpha value is -1.30. The molecule has 84 valence electrons. The van der Waals surface area contributed by atoms with E-state index < -0.39 is 12.8 Å². The largest absolute Gasteiger partial charge is 0.483 e. The maximum Gasteiger partial charge on any atom is 0.422 e. The first kappa shape index (κ1) is 11.8. The molecule has 0 fully saturated rings. The molecular weight excluding hydrogens is 209 g/mol. The Morgan fingerprint density at radius 2 is 2.13 bits per heavy atom. The van der Waals surface area contributed by atoms with E-state index in [0.717, 1.165) is 0 Å². The van der Waals surface area contributed by atoms with Crippen molar-refractivity contribution in [3.05, 3.63) is 24.0 Å². The third-order valence-electron chi connectivity index (χ3n) is 1.63. The Bertz CT molecular complexity index is 308. The van der Waals surface area contributed by atoms with Crippen LogP contribution in [-0.4, -0.2) is 17.8 Å². The molecule has 3 nitrogen and oxygen atoms in total. The molecule has 15 heavy (non-hydrogen) atoms. The highest BCUT2D eigenvalue weighted by molar-refractivity contribution is 5.21. The summed E-state index contributed by atoms with van der Waals surface area (Å²) in [6, 6.07) is 2.70. The summed E-state index contributed by atoms with van der Waals surface area (Å²) in [7, 11) is 0. The van der Waals surface area contributed by atoms with Gasteiger partial charge in [-0.1, -0.05) is 0 Å². The van der Waals surface area contributed by atoms with Crippen molar-refractivity contribution in [2.75, 3.05) is 6.61 Å². The van der Waals surface area contributed by atoms with Gasteiger partial charge < -0.3 is 10.5 Å². The number of alkyl halides is 3. The molecule has 0 radical (unpaired) electrons. The number of hydrogen-bond donors (Lipinski definition) is 1. The Labute approximate surface area is 85.1 Å². The quantitative estimate of drug-likeness (QED) is 0.847. The van der Waals surface area contributed by atoms with Crippen molar-refractivity contribution in [1.82, 2.24) is 4.98 Å². The lowest BCUT2D eigenvalue weighted by Crippen LogP contribution is -2.19. The van der Waals surface area contributed by atoms with Gasteiger partial charge in [0.15, 0.2) is 6.61 Å². The van der Waals surface area contributed by atoms with E-state index in [4.69, 9.17) is 5.73 Å². The number of hydrogen-bond acceptors (Lipinski definition) is 3. The van der Waals surface area contributed by atoms with Gasteiger partial charge in [0.2, 0.25) is 0 Å². The average Bonchev–Trinajstić information content (AvgIpc) is 2.14. The number of nitrogens with two attached hydrogens (primary N) is 1. The molecule has 1 aromatic heterocycles. The van der Waals surface area contributed by atoms with Gasteiger partial charge in [-0.2, -0.15) is 13.2 Å². The predicted molar refractivity (Wildman–Crippen MR) is 48.4 cm³/mol. The van der Waals surface area contributed by atoms with Gasteiger partial charge >= 0.3 is 6.18 Å². The van der Waals surface area contributed by atoms with Crippen molar-refractivity contribution in [1.29, 1.82) is 0 Å². The minimum Gasteiger partial charge on any atom is -0.483 e. The predicted octanol–water partition coefficient (Wildman–Crippen LogP) is 2.04. The molecule has 0 bridgehead atoms. The fourth-order valence-electron chi connectivity index (χ4n) is 0.912. The second kappa shape index (κ2) is 4.48. The van der Waals surface area contributed by atoms with Crippen molar-refractivity contribution in [3.8, 4) is 5.75 Å². The third-order valence-corrected chi connectivity index (χ3v) is 1.63. The number of ether oxygens (including phenoxy) is 1. The molecule has 0 aromatic carbocycles. The second-order valence-corrected chi connectivity index (χ2v) is 3.11. The molecule has 1 atom stereocenters. The van der Waals surface area contributed by atoms with Gasteiger partial charge in [0, 0.05) is 6.04 Å². The minimum absolute atomic E-state index is 0.0803. The van der Waals surface area contributed by atoms with E-state index in [9.17, 15) is 13.2 Å². The van der Waals surface area contributed by atoms with Crippen LogP contribution >= 0.6 is 0 Å². The van der Waals surface area contributed by atoms with Crippen LogP contribution in [0.4, 0.5) is 13.2 Å². The molecule has 2 N–H and O–H groups in total. The van der Waals surface area contributed by atoms with Crippen molar-refractivity contribution >= 4 is 0 Å². The zero-order valence-corrected chi connectivity index (χ0v) is 8.08. The highest BCUT2D eigenvalue weighted by Crippen LogP contribution is 2.18. The topological polar surface area (TPSA) is 48.1 Å². The molecule has 0 unspecified atom stereocenters. The van der Waals surface area contributed by atoms with Crippen LogP contribution in [-0.2, 0) is 0 Å². The Morgan fingerprint density at radius 1 is 1.47 bits per heavy atom. The van der Waals surface area contributed by atoms with E-state index in [2.05, 4.69) is 9.72 Å². The van der Waals surface area contributed by atoms with Gasteiger partial charge in [-0.25, -0.2) is 0 Å². The Kier molecular flexibility index (Phi) is 3.52. The fourth-order valence-corrected chi connectivity index (χ4v) is 0.912. The highest BCUT2D eigenvalue weighted by atomic mass is 19.4. The minimum atomic E-state index is -4.33. The molecule has 0 saturated heterocycles. The summed E-state index contributed by atoms with van der Waals surface area (Å²) in [5.41, 5.74) is 6.13. The van der Waals surface area contributed by atoms with Gasteiger partial charge in [0.25, 0.3) is 0 Å². The van der Waals surface area contributed by atoms with E-state index in [1.807, 2.05) is 0 Å². The molecular formula is C9H11F3N2O. The normalized spacial score (nSPS) is 13.7. The van der Waals surface area contributed by atoms with Crippen LogP contribution in [0, 0.1) is 0 Å². The van der Waals surface area contributed by atoms with Gasteiger partial charge in [-0.3, -0.25) is 4.98 Å². The van der Waals surface area contributed by atoms with Crippen LogP contribution in [0.1, 0.15) is 18.7 Å². The first-order valence-corrected chi connectivity index (χ1v) is 4.29. The Balaban J connectivity index is 2.57. The zero-order chi connectivity index (χ0) is 11.5. The smallest absolute Gasteiger partial charge is 0.422 e. The van der Waals surface area contributed by atoms with Crippen LogP contribution < -0.4 is 10.5 Å². The summed E-state index contributed by atoms with van der Waals surface area (Å²) >= 11 is 0. The standard InChI is InChI=1S/C9H11F3N2O/c1-6(13)8-3-2-7(4-14-8)15-5-9(10,11)12/h2-4,6H,5,13H2,1H3/t6-/m0/s1. The van der Waals surface area contributed by atoms with E-state index in [1.54, 1.807) is 6.92 Å². The van der Waals surface area contributed by atoms with E-state index >= 15 is 0 Å². The lowest BCUT2D eigenvalue weighted by Gasteiger charge is -2.09. The van der Waals surface area contributed by atoms with Crippen LogP contribution in [0.3, 0.4) is 0 Å². The van der Waals surface area contributed by atoms with E-state index in [1.165, 1.54) is 18.3 Å².